The number of rotatable bonds is 59. The molecular weight excluding hydrogens is 991 g/mol. The van der Waals surface area contributed by atoms with Crippen LogP contribution in [0.5, 0.6) is 0 Å². The molecule has 11 nitrogen and oxygen atoms in total. The molecular formula is C68H127NO10. The van der Waals surface area contributed by atoms with E-state index in [9.17, 15) is 35.1 Å². The second-order valence-electron chi connectivity index (χ2n) is 23.5. The van der Waals surface area contributed by atoms with Crippen LogP contribution in [-0.4, -0.2) is 100 Å². The molecule has 0 aromatic heterocycles. The van der Waals surface area contributed by atoms with Crippen molar-refractivity contribution in [3.8, 4) is 0 Å². The summed E-state index contributed by atoms with van der Waals surface area (Å²) in [6.45, 7) is 4.30. The summed E-state index contributed by atoms with van der Waals surface area (Å²) >= 11 is 0. The van der Waals surface area contributed by atoms with Crippen molar-refractivity contribution >= 4 is 11.9 Å². The minimum absolute atomic E-state index is 0.00750. The summed E-state index contributed by atoms with van der Waals surface area (Å²) in [5, 5.41) is 54.2. The number of nitrogens with one attached hydrogen (secondary N) is 1. The summed E-state index contributed by atoms with van der Waals surface area (Å²) in [6.07, 6.45) is 62.9. The molecule has 1 aliphatic rings. The first-order valence-corrected chi connectivity index (χ1v) is 33.8. The SMILES string of the molecule is CCCCC/C=C/CC/C=C/C(O)C(COC1OC(CO)C(O)C(O)C1O)NC(=O)CCCCCCCCCCCC/C=C\CCCCCCCCCCCCCCOC(=O)CCCCCCCCCCCCCCCCCC. The first-order chi connectivity index (χ1) is 38.7. The van der Waals surface area contributed by atoms with Crippen LogP contribution in [0.2, 0.25) is 0 Å². The fourth-order valence-electron chi connectivity index (χ4n) is 10.6. The van der Waals surface area contributed by atoms with Crippen LogP contribution in [0.15, 0.2) is 36.5 Å². The zero-order chi connectivity index (χ0) is 57.3. The highest BCUT2D eigenvalue weighted by Gasteiger charge is 2.44. The van der Waals surface area contributed by atoms with Crippen LogP contribution in [0.25, 0.3) is 0 Å². The van der Waals surface area contributed by atoms with Crippen LogP contribution >= 0.6 is 0 Å². The zero-order valence-electron chi connectivity index (χ0n) is 51.3. The van der Waals surface area contributed by atoms with Gasteiger partial charge < -0.3 is 45.1 Å². The molecule has 1 heterocycles. The summed E-state index contributed by atoms with van der Waals surface area (Å²) in [6, 6.07) is -0.827. The summed E-state index contributed by atoms with van der Waals surface area (Å²) < 4.78 is 16.7. The number of esters is 1. The van der Waals surface area contributed by atoms with Gasteiger partial charge in [-0.15, -0.1) is 0 Å². The van der Waals surface area contributed by atoms with Crippen molar-refractivity contribution in [2.24, 2.45) is 0 Å². The molecule has 1 fully saturated rings. The highest BCUT2D eigenvalue weighted by Crippen LogP contribution is 2.23. The van der Waals surface area contributed by atoms with Crippen LogP contribution in [0.4, 0.5) is 0 Å². The average Bonchev–Trinajstić information content (AvgIpc) is 3.45. The van der Waals surface area contributed by atoms with E-state index in [1.54, 1.807) is 6.08 Å². The molecule has 7 atom stereocenters. The second kappa shape index (κ2) is 57.7. The van der Waals surface area contributed by atoms with E-state index >= 15 is 0 Å². The van der Waals surface area contributed by atoms with Crippen LogP contribution in [0.1, 0.15) is 322 Å². The lowest BCUT2D eigenvalue weighted by Crippen LogP contribution is -2.60. The fourth-order valence-corrected chi connectivity index (χ4v) is 10.6. The molecule has 79 heavy (non-hydrogen) atoms. The van der Waals surface area contributed by atoms with Gasteiger partial charge >= 0.3 is 5.97 Å². The second-order valence-corrected chi connectivity index (χ2v) is 23.5. The van der Waals surface area contributed by atoms with Gasteiger partial charge in [0.05, 0.1) is 32.0 Å². The molecule has 0 aromatic carbocycles. The Morgan fingerprint density at radius 1 is 0.456 bits per heavy atom. The van der Waals surface area contributed by atoms with Crippen molar-refractivity contribution in [3.05, 3.63) is 36.5 Å². The summed E-state index contributed by atoms with van der Waals surface area (Å²) in [4.78, 5) is 25.1. The molecule has 464 valence electrons. The number of hydrogen-bond donors (Lipinski definition) is 6. The lowest BCUT2D eigenvalue weighted by Gasteiger charge is -2.40. The monoisotopic (exact) mass is 1120 g/mol. The molecule has 1 amide bonds. The quantitative estimate of drug-likeness (QED) is 0.0195. The fraction of sp³-hybridized carbons (Fsp3) is 0.882. The van der Waals surface area contributed by atoms with Crippen molar-refractivity contribution in [2.75, 3.05) is 19.8 Å². The molecule has 0 bridgehead atoms. The summed E-state index contributed by atoms with van der Waals surface area (Å²) in [7, 11) is 0. The molecule has 0 aromatic rings. The standard InChI is InChI=1S/C68H127NO10/c1-3-5-7-9-11-13-14-15-16-30-33-36-40-44-48-52-56-64(73)77-57-53-49-45-41-37-34-31-28-26-24-22-20-18-17-19-21-23-25-27-29-32-35-39-43-47-51-55-63(72)69-60(61(71)54-50-46-42-38-12-10-8-6-4-2)59-78-68-67(76)66(75)65(74)62(58-70)79-68/h12,17,19,38,50,54,60-62,65-68,70-71,74-76H,3-11,13-16,18,20-37,39-49,51-53,55-59H2,1-2H3,(H,69,72)/b19-17-,38-12+,54-50+. The molecule has 0 spiro atoms. The highest BCUT2D eigenvalue weighted by atomic mass is 16.7. The van der Waals surface area contributed by atoms with E-state index in [1.165, 1.54) is 238 Å². The predicted octanol–water partition coefficient (Wildman–Crippen LogP) is 16.6. The Kier molecular flexibility index (Phi) is 54.7. The van der Waals surface area contributed by atoms with E-state index in [2.05, 4.69) is 43.5 Å². The molecule has 1 saturated heterocycles. The van der Waals surface area contributed by atoms with Gasteiger partial charge in [-0.2, -0.15) is 0 Å². The number of amides is 1. The molecule has 0 radical (unpaired) electrons. The van der Waals surface area contributed by atoms with E-state index in [4.69, 9.17) is 14.2 Å². The third-order valence-corrected chi connectivity index (χ3v) is 16.0. The Morgan fingerprint density at radius 3 is 1.28 bits per heavy atom. The number of carbonyl (C=O) groups excluding carboxylic acids is 2. The topological polar surface area (TPSA) is 175 Å². The summed E-state index contributed by atoms with van der Waals surface area (Å²) in [5.74, 6) is -0.188. The predicted molar refractivity (Wildman–Crippen MR) is 329 cm³/mol. The number of ether oxygens (including phenoxy) is 3. The van der Waals surface area contributed by atoms with Gasteiger partial charge in [-0.05, 0) is 70.6 Å². The van der Waals surface area contributed by atoms with Gasteiger partial charge in [-0.1, -0.05) is 275 Å². The Morgan fingerprint density at radius 2 is 0.823 bits per heavy atom. The van der Waals surface area contributed by atoms with E-state index in [-0.39, 0.29) is 18.5 Å². The number of allylic oxidation sites excluding steroid dienone is 5. The maximum Gasteiger partial charge on any atom is 0.305 e. The number of unbranched alkanes of at least 4 members (excludes halogenated alkanes) is 41. The maximum atomic E-state index is 13.0. The van der Waals surface area contributed by atoms with E-state index < -0.39 is 49.5 Å². The van der Waals surface area contributed by atoms with Crippen LogP contribution < -0.4 is 5.32 Å². The van der Waals surface area contributed by atoms with E-state index in [1.807, 2.05) is 6.08 Å². The number of aliphatic hydroxyl groups is 5. The largest absolute Gasteiger partial charge is 0.466 e. The third kappa shape index (κ3) is 47.0. The van der Waals surface area contributed by atoms with Gasteiger partial charge in [0.1, 0.15) is 24.4 Å². The molecule has 1 aliphatic heterocycles. The van der Waals surface area contributed by atoms with Crippen molar-refractivity contribution in [1.29, 1.82) is 0 Å². The van der Waals surface area contributed by atoms with Gasteiger partial charge in [-0.25, -0.2) is 0 Å². The number of carbonyl (C=O) groups is 2. The lowest BCUT2D eigenvalue weighted by molar-refractivity contribution is -0.302. The zero-order valence-corrected chi connectivity index (χ0v) is 51.3. The minimum Gasteiger partial charge on any atom is -0.466 e. The highest BCUT2D eigenvalue weighted by molar-refractivity contribution is 5.76. The van der Waals surface area contributed by atoms with Crippen molar-refractivity contribution in [1.82, 2.24) is 5.32 Å². The van der Waals surface area contributed by atoms with Crippen molar-refractivity contribution in [3.63, 3.8) is 0 Å². The smallest absolute Gasteiger partial charge is 0.305 e. The first-order valence-electron chi connectivity index (χ1n) is 33.8. The van der Waals surface area contributed by atoms with Gasteiger partial charge in [0, 0.05) is 12.8 Å². The van der Waals surface area contributed by atoms with Crippen LogP contribution in [-0.2, 0) is 23.8 Å². The van der Waals surface area contributed by atoms with Gasteiger partial charge in [-0.3, -0.25) is 9.59 Å². The minimum atomic E-state index is -1.58. The van der Waals surface area contributed by atoms with Gasteiger partial charge in [0.2, 0.25) is 5.91 Å². The van der Waals surface area contributed by atoms with Crippen LogP contribution in [0.3, 0.4) is 0 Å². The third-order valence-electron chi connectivity index (χ3n) is 16.0. The lowest BCUT2D eigenvalue weighted by atomic mass is 9.99. The number of aliphatic hydroxyl groups excluding tert-OH is 5. The van der Waals surface area contributed by atoms with Crippen molar-refractivity contribution in [2.45, 2.75) is 365 Å². The van der Waals surface area contributed by atoms with Crippen LogP contribution in [0, 0.1) is 0 Å². The maximum absolute atomic E-state index is 13.0. The summed E-state index contributed by atoms with van der Waals surface area (Å²) in [5.41, 5.74) is 0. The normalized spacial score (nSPS) is 18.6. The molecule has 11 heteroatoms. The number of hydrogen-bond acceptors (Lipinski definition) is 10. The average molecular weight is 1120 g/mol. The molecule has 0 saturated carbocycles. The molecule has 7 unspecified atom stereocenters. The Labute approximate surface area is 485 Å². The Balaban J connectivity index is 1.94. The van der Waals surface area contributed by atoms with E-state index in [0.717, 1.165) is 57.8 Å². The van der Waals surface area contributed by atoms with E-state index in [0.29, 0.717) is 19.4 Å². The molecule has 6 N–H and O–H groups in total. The van der Waals surface area contributed by atoms with Gasteiger partial charge in [0.15, 0.2) is 6.29 Å². The Bertz CT molecular complexity index is 1410. The van der Waals surface area contributed by atoms with Crippen molar-refractivity contribution < 1.29 is 49.3 Å². The molecule has 0 aliphatic carbocycles. The Hall–Kier alpha value is -2.12. The molecule has 1 rings (SSSR count). The van der Waals surface area contributed by atoms with Gasteiger partial charge in [0.25, 0.3) is 0 Å². The first kappa shape index (κ1) is 74.9.